The first-order valence-electron chi connectivity index (χ1n) is 8.88. The summed E-state index contributed by atoms with van der Waals surface area (Å²) in [5, 5.41) is 2.97. The van der Waals surface area contributed by atoms with Crippen molar-refractivity contribution in [1.29, 1.82) is 0 Å². The molecular formula is C20H21N3O3. The molecule has 1 amide bonds. The highest BCUT2D eigenvalue weighted by Gasteiger charge is 2.22. The topological polar surface area (TPSA) is 71.5 Å². The van der Waals surface area contributed by atoms with Crippen LogP contribution in [0.5, 0.6) is 0 Å². The van der Waals surface area contributed by atoms with Gasteiger partial charge in [0.2, 0.25) is 5.91 Å². The van der Waals surface area contributed by atoms with Gasteiger partial charge in [0, 0.05) is 25.7 Å². The number of amides is 1. The van der Waals surface area contributed by atoms with Gasteiger partial charge in [-0.1, -0.05) is 12.1 Å². The highest BCUT2D eigenvalue weighted by molar-refractivity contribution is 5.91. The lowest BCUT2D eigenvalue weighted by molar-refractivity contribution is -0.116. The number of furan rings is 1. The molecule has 0 bridgehead atoms. The zero-order chi connectivity index (χ0) is 17.8. The number of aromatic nitrogens is 1. The number of hydrogen-bond donors (Lipinski definition) is 1. The first-order valence-corrected chi connectivity index (χ1v) is 8.88. The van der Waals surface area contributed by atoms with Crippen LogP contribution in [0.1, 0.15) is 18.6 Å². The van der Waals surface area contributed by atoms with Crippen LogP contribution >= 0.6 is 0 Å². The summed E-state index contributed by atoms with van der Waals surface area (Å²) < 4.78 is 11.0. The van der Waals surface area contributed by atoms with Gasteiger partial charge in [-0.25, -0.2) is 0 Å². The number of nitrogens with zero attached hydrogens (tertiary/aromatic N) is 2. The van der Waals surface area contributed by atoms with Crippen LogP contribution in [0.15, 0.2) is 57.6 Å². The molecule has 0 aliphatic carbocycles. The molecule has 1 N–H and O–H groups in total. The van der Waals surface area contributed by atoms with Crippen molar-refractivity contribution in [2.45, 2.75) is 12.8 Å². The number of benzene rings is 1. The average molecular weight is 351 g/mol. The molecular weight excluding hydrogens is 330 g/mol. The zero-order valence-electron chi connectivity index (χ0n) is 14.4. The standard InChI is InChI=1S/C20H21N3O3/c24-19(8-7-16-4-3-13-25-16)21-14-15-9-11-23(12-10-15)20-22-17-5-1-2-6-18(17)26-20/h1-8,13,15H,9-12,14H2,(H,21,24)/b8-7+. The van der Waals surface area contributed by atoms with Gasteiger partial charge in [0.25, 0.3) is 6.01 Å². The van der Waals surface area contributed by atoms with Gasteiger partial charge in [-0.2, -0.15) is 4.98 Å². The van der Waals surface area contributed by atoms with Crippen molar-refractivity contribution in [3.63, 3.8) is 0 Å². The molecule has 6 heteroatoms. The quantitative estimate of drug-likeness (QED) is 0.713. The van der Waals surface area contributed by atoms with Crippen molar-refractivity contribution >= 4 is 29.1 Å². The summed E-state index contributed by atoms with van der Waals surface area (Å²) in [6.07, 6.45) is 6.77. The van der Waals surface area contributed by atoms with Crippen molar-refractivity contribution in [3.8, 4) is 0 Å². The smallest absolute Gasteiger partial charge is 0.298 e. The number of piperidine rings is 1. The fourth-order valence-corrected chi connectivity index (χ4v) is 3.17. The van der Waals surface area contributed by atoms with Crippen LogP contribution in [0.25, 0.3) is 17.2 Å². The lowest BCUT2D eigenvalue weighted by atomic mass is 9.97. The van der Waals surface area contributed by atoms with Gasteiger partial charge < -0.3 is 19.1 Å². The largest absolute Gasteiger partial charge is 0.465 e. The Kier molecular flexibility index (Phi) is 4.73. The normalized spacial score (nSPS) is 15.8. The molecule has 0 spiro atoms. The second kappa shape index (κ2) is 7.47. The Bertz CT molecular complexity index is 857. The number of para-hydroxylation sites is 2. The average Bonchev–Trinajstić information content (AvgIpc) is 3.34. The van der Waals surface area contributed by atoms with E-state index in [9.17, 15) is 4.79 Å². The summed E-state index contributed by atoms with van der Waals surface area (Å²) in [6.45, 7) is 2.45. The third kappa shape index (κ3) is 3.79. The van der Waals surface area contributed by atoms with Crippen molar-refractivity contribution < 1.29 is 13.6 Å². The van der Waals surface area contributed by atoms with E-state index < -0.39 is 0 Å². The Balaban J connectivity index is 1.25. The van der Waals surface area contributed by atoms with Crippen molar-refractivity contribution in [2.24, 2.45) is 5.92 Å². The van der Waals surface area contributed by atoms with E-state index in [2.05, 4.69) is 15.2 Å². The molecule has 6 nitrogen and oxygen atoms in total. The molecule has 26 heavy (non-hydrogen) atoms. The van der Waals surface area contributed by atoms with Crippen LogP contribution < -0.4 is 10.2 Å². The molecule has 1 aliphatic rings. The lowest BCUT2D eigenvalue weighted by Gasteiger charge is -2.30. The summed E-state index contributed by atoms with van der Waals surface area (Å²) in [5.74, 6) is 1.05. The van der Waals surface area contributed by atoms with E-state index in [-0.39, 0.29) is 5.91 Å². The molecule has 0 saturated carbocycles. The van der Waals surface area contributed by atoms with Crippen LogP contribution in [0, 0.1) is 5.92 Å². The zero-order valence-corrected chi connectivity index (χ0v) is 14.4. The first kappa shape index (κ1) is 16.4. The summed E-state index contributed by atoms with van der Waals surface area (Å²) in [4.78, 5) is 18.6. The number of oxazole rings is 1. The third-order valence-electron chi connectivity index (χ3n) is 4.67. The number of carbonyl (C=O) groups is 1. The van der Waals surface area contributed by atoms with Gasteiger partial charge in [0.05, 0.1) is 6.26 Å². The maximum Gasteiger partial charge on any atom is 0.298 e. The lowest BCUT2D eigenvalue weighted by Crippen LogP contribution is -2.38. The Labute approximate surface area is 151 Å². The van der Waals surface area contributed by atoms with Gasteiger partial charge in [0.15, 0.2) is 5.58 Å². The van der Waals surface area contributed by atoms with Gasteiger partial charge in [-0.15, -0.1) is 0 Å². The summed E-state index contributed by atoms with van der Waals surface area (Å²) in [5.41, 5.74) is 1.71. The van der Waals surface area contributed by atoms with Crippen LogP contribution in [0.3, 0.4) is 0 Å². The van der Waals surface area contributed by atoms with E-state index in [0.29, 0.717) is 24.2 Å². The maximum absolute atomic E-state index is 11.9. The van der Waals surface area contributed by atoms with E-state index in [1.807, 2.05) is 30.3 Å². The predicted molar refractivity (Wildman–Crippen MR) is 99.7 cm³/mol. The fourth-order valence-electron chi connectivity index (χ4n) is 3.17. The summed E-state index contributed by atoms with van der Waals surface area (Å²) in [7, 11) is 0. The summed E-state index contributed by atoms with van der Waals surface area (Å²) in [6, 6.07) is 12.1. The molecule has 1 fully saturated rings. The molecule has 1 saturated heterocycles. The molecule has 134 valence electrons. The second-order valence-electron chi connectivity index (χ2n) is 6.49. The van der Waals surface area contributed by atoms with E-state index in [0.717, 1.165) is 37.0 Å². The van der Waals surface area contributed by atoms with Crippen molar-refractivity contribution in [3.05, 3.63) is 54.5 Å². The van der Waals surface area contributed by atoms with Gasteiger partial charge in [-0.3, -0.25) is 4.79 Å². The molecule has 0 radical (unpaired) electrons. The van der Waals surface area contributed by atoms with E-state index in [1.54, 1.807) is 18.4 Å². The van der Waals surface area contributed by atoms with Gasteiger partial charge >= 0.3 is 0 Å². The fraction of sp³-hybridized carbons (Fsp3) is 0.300. The predicted octanol–water partition coefficient (Wildman–Crippen LogP) is 3.47. The van der Waals surface area contributed by atoms with Crippen LogP contribution in [-0.2, 0) is 4.79 Å². The van der Waals surface area contributed by atoms with Crippen LogP contribution in [-0.4, -0.2) is 30.5 Å². The molecule has 1 aromatic carbocycles. The molecule has 0 atom stereocenters. The van der Waals surface area contributed by atoms with E-state index in [4.69, 9.17) is 8.83 Å². The monoisotopic (exact) mass is 351 g/mol. The minimum Gasteiger partial charge on any atom is -0.465 e. The highest BCUT2D eigenvalue weighted by atomic mass is 16.4. The van der Waals surface area contributed by atoms with Gasteiger partial charge in [0.1, 0.15) is 11.3 Å². The van der Waals surface area contributed by atoms with E-state index >= 15 is 0 Å². The Morgan fingerprint density at radius 3 is 2.85 bits per heavy atom. The van der Waals surface area contributed by atoms with Crippen LogP contribution in [0.2, 0.25) is 0 Å². The minimum atomic E-state index is -0.0946. The minimum absolute atomic E-state index is 0.0946. The Hall–Kier alpha value is -3.02. The second-order valence-corrected chi connectivity index (χ2v) is 6.49. The number of nitrogens with one attached hydrogen (secondary N) is 1. The number of anilines is 1. The van der Waals surface area contributed by atoms with Gasteiger partial charge in [-0.05, 0) is 49.1 Å². The van der Waals surface area contributed by atoms with E-state index in [1.165, 1.54) is 6.08 Å². The number of carbonyl (C=O) groups excluding carboxylic acids is 1. The molecule has 3 aromatic rings. The Morgan fingerprint density at radius 1 is 1.23 bits per heavy atom. The van der Waals surface area contributed by atoms with Crippen molar-refractivity contribution in [2.75, 3.05) is 24.5 Å². The third-order valence-corrected chi connectivity index (χ3v) is 4.67. The summed E-state index contributed by atoms with van der Waals surface area (Å²) >= 11 is 0. The molecule has 1 aliphatic heterocycles. The highest BCUT2D eigenvalue weighted by Crippen LogP contribution is 2.26. The molecule has 0 unspecified atom stereocenters. The molecule has 3 heterocycles. The molecule has 4 rings (SSSR count). The number of fused-ring (bicyclic) bond motifs is 1. The number of hydrogen-bond acceptors (Lipinski definition) is 5. The van der Waals surface area contributed by atoms with Crippen LogP contribution in [0.4, 0.5) is 6.01 Å². The Morgan fingerprint density at radius 2 is 2.08 bits per heavy atom. The van der Waals surface area contributed by atoms with Crippen molar-refractivity contribution in [1.82, 2.24) is 10.3 Å². The number of rotatable bonds is 5. The SMILES string of the molecule is O=C(/C=C/c1ccco1)NCC1CCN(c2nc3ccccc3o2)CC1. The molecule has 2 aromatic heterocycles. The maximum atomic E-state index is 11.9. The first-order chi connectivity index (χ1) is 12.8.